The average Bonchev–Trinajstić information content (AvgIpc) is 2.54. The summed E-state index contributed by atoms with van der Waals surface area (Å²) in [5, 5.41) is 18.0. The predicted octanol–water partition coefficient (Wildman–Crippen LogP) is 2.32. The van der Waals surface area contributed by atoms with Gasteiger partial charge in [0, 0.05) is 5.56 Å². The summed E-state index contributed by atoms with van der Waals surface area (Å²) in [5.74, 6) is 0.666. The standard InChI is InChI=1S/C15H12N4O2S/c1-9(7-16)22-15-18-13(12(8-17)14(20)19-15)10-3-5-11(21-2)6-4-10/h3-6,9H,1-2H3,(H,18,19,20). The third kappa shape index (κ3) is 3.27. The van der Waals surface area contributed by atoms with E-state index in [1.165, 1.54) is 0 Å². The Labute approximate surface area is 131 Å². The van der Waals surface area contributed by atoms with Crippen molar-refractivity contribution in [2.75, 3.05) is 7.11 Å². The summed E-state index contributed by atoms with van der Waals surface area (Å²) in [6, 6.07) is 10.8. The second kappa shape index (κ2) is 6.79. The van der Waals surface area contributed by atoms with Crippen LogP contribution in [-0.2, 0) is 0 Å². The number of hydrogen-bond acceptors (Lipinski definition) is 6. The third-order valence-corrected chi connectivity index (χ3v) is 3.72. The van der Waals surface area contributed by atoms with Crippen LogP contribution in [0.4, 0.5) is 0 Å². The van der Waals surface area contributed by atoms with Gasteiger partial charge in [-0.2, -0.15) is 10.5 Å². The zero-order valence-corrected chi connectivity index (χ0v) is 12.8. The zero-order chi connectivity index (χ0) is 16.1. The number of aromatic nitrogens is 2. The van der Waals surface area contributed by atoms with Crippen molar-refractivity contribution in [1.82, 2.24) is 9.97 Å². The van der Waals surface area contributed by atoms with Gasteiger partial charge < -0.3 is 9.72 Å². The first-order valence-corrected chi connectivity index (χ1v) is 7.22. The molecule has 1 unspecified atom stereocenters. The monoisotopic (exact) mass is 312 g/mol. The minimum Gasteiger partial charge on any atom is -0.497 e. The number of ether oxygens (including phenoxy) is 1. The van der Waals surface area contributed by atoms with E-state index in [1.807, 2.05) is 6.07 Å². The molecule has 0 aliphatic heterocycles. The van der Waals surface area contributed by atoms with E-state index in [2.05, 4.69) is 16.0 Å². The lowest BCUT2D eigenvalue weighted by molar-refractivity contribution is 0.415. The van der Waals surface area contributed by atoms with Gasteiger partial charge in [-0.25, -0.2) is 4.98 Å². The molecule has 1 N–H and O–H groups in total. The van der Waals surface area contributed by atoms with E-state index in [-0.39, 0.29) is 10.8 Å². The summed E-state index contributed by atoms with van der Waals surface area (Å²) in [6.07, 6.45) is 0. The maximum Gasteiger partial charge on any atom is 0.270 e. The first-order valence-electron chi connectivity index (χ1n) is 6.34. The van der Waals surface area contributed by atoms with E-state index in [1.54, 1.807) is 38.3 Å². The normalized spacial score (nSPS) is 11.3. The van der Waals surface area contributed by atoms with E-state index >= 15 is 0 Å². The predicted molar refractivity (Wildman–Crippen MR) is 82.5 cm³/mol. The molecule has 0 radical (unpaired) electrons. The second-order valence-electron chi connectivity index (χ2n) is 4.32. The minimum atomic E-state index is -0.518. The molecule has 1 aromatic carbocycles. The van der Waals surface area contributed by atoms with Crippen molar-refractivity contribution < 1.29 is 4.74 Å². The van der Waals surface area contributed by atoms with Gasteiger partial charge in [0.2, 0.25) is 0 Å². The summed E-state index contributed by atoms with van der Waals surface area (Å²) in [4.78, 5) is 18.9. The summed E-state index contributed by atoms with van der Waals surface area (Å²) >= 11 is 1.13. The van der Waals surface area contributed by atoms with Gasteiger partial charge in [-0.3, -0.25) is 4.79 Å². The molecular weight excluding hydrogens is 300 g/mol. The Morgan fingerprint density at radius 3 is 2.55 bits per heavy atom. The molecule has 1 atom stereocenters. The minimum absolute atomic E-state index is 0.0564. The lowest BCUT2D eigenvalue weighted by Gasteiger charge is -2.07. The van der Waals surface area contributed by atoms with Crippen molar-refractivity contribution in [3.05, 3.63) is 40.2 Å². The van der Waals surface area contributed by atoms with Crippen molar-refractivity contribution in [1.29, 1.82) is 10.5 Å². The fourth-order valence-electron chi connectivity index (χ4n) is 1.76. The molecule has 6 nitrogen and oxygen atoms in total. The Bertz CT molecular complexity index is 815. The van der Waals surface area contributed by atoms with Gasteiger partial charge in [0.25, 0.3) is 5.56 Å². The number of H-pyrrole nitrogens is 1. The number of hydrogen-bond donors (Lipinski definition) is 1. The highest BCUT2D eigenvalue weighted by Crippen LogP contribution is 2.25. The van der Waals surface area contributed by atoms with E-state index in [0.29, 0.717) is 22.2 Å². The van der Waals surface area contributed by atoms with Crippen LogP contribution in [0, 0.1) is 22.7 Å². The van der Waals surface area contributed by atoms with Gasteiger partial charge >= 0.3 is 0 Å². The molecule has 1 aromatic heterocycles. The number of nitrogens with zero attached hydrogens (tertiary/aromatic N) is 3. The van der Waals surface area contributed by atoms with Crippen molar-refractivity contribution in [3.63, 3.8) is 0 Å². The van der Waals surface area contributed by atoms with E-state index in [4.69, 9.17) is 10.00 Å². The molecular formula is C15H12N4O2S. The molecule has 0 saturated carbocycles. The molecule has 22 heavy (non-hydrogen) atoms. The van der Waals surface area contributed by atoms with Gasteiger partial charge in [-0.1, -0.05) is 11.8 Å². The van der Waals surface area contributed by atoms with Gasteiger partial charge in [-0.05, 0) is 31.2 Å². The smallest absolute Gasteiger partial charge is 0.270 e. The van der Waals surface area contributed by atoms with Crippen molar-refractivity contribution in [3.8, 4) is 29.1 Å². The van der Waals surface area contributed by atoms with Crippen molar-refractivity contribution in [2.45, 2.75) is 17.3 Å². The van der Waals surface area contributed by atoms with Crippen LogP contribution in [0.15, 0.2) is 34.2 Å². The van der Waals surface area contributed by atoms with Gasteiger partial charge in [0.1, 0.15) is 17.4 Å². The SMILES string of the molecule is COc1ccc(-c2nc(SC(C)C#N)[nH]c(=O)c2C#N)cc1. The largest absolute Gasteiger partial charge is 0.497 e. The van der Waals surface area contributed by atoms with Crippen molar-refractivity contribution >= 4 is 11.8 Å². The molecule has 7 heteroatoms. The molecule has 110 valence electrons. The van der Waals surface area contributed by atoms with Crippen LogP contribution in [0.1, 0.15) is 12.5 Å². The molecule has 0 spiro atoms. The highest BCUT2D eigenvalue weighted by atomic mass is 32.2. The number of rotatable bonds is 4. The molecule has 1 heterocycles. The number of nitriles is 2. The van der Waals surface area contributed by atoms with Crippen molar-refractivity contribution in [2.24, 2.45) is 0 Å². The van der Waals surface area contributed by atoms with Crippen LogP contribution in [0.25, 0.3) is 11.3 Å². The molecule has 0 bridgehead atoms. The number of aromatic amines is 1. The molecule has 2 rings (SSSR count). The van der Waals surface area contributed by atoms with Gasteiger partial charge in [-0.15, -0.1) is 0 Å². The highest BCUT2D eigenvalue weighted by molar-refractivity contribution is 8.00. The third-order valence-electron chi connectivity index (χ3n) is 2.84. The second-order valence-corrected chi connectivity index (χ2v) is 5.65. The lowest BCUT2D eigenvalue weighted by atomic mass is 10.1. The fraction of sp³-hybridized carbons (Fsp3) is 0.200. The first kappa shape index (κ1) is 15.6. The molecule has 0 aliphatic carbocycles. The highest BCUT2D eigenvalue weighted by Gasteiger charge is 2.15. The van der Waals surface area contributed by atoms with Crippen LogP contribution in [0.2, 0.25) is 0 Å². The summed E-state index contributed by atoms with van der Waals surface area (Å²) in [5.41, 5.74) is 0.353. The number of thioether (sulfide) groups is 1. The number of nitrogens with one attached hydrogen (secondary N) is 1. The summed E-state index contributed by atoms with van der Waals surface area (Å²) in [6.45, 7) is 1.70. The average molecular weight is 312 g/mol. The van der Waals surface area contributed by atoms with Gasteiger partial charge in [0.05, 0.1) is 24.1 Å². The maximum absolute atomic E-state index is 12.0. The Morgan fingerprint density at radius 2 is 2.00 bits per heavy atom. The number of methoxy groups -OCH3 is 1. The molecule has 0 fully saturated rings. The van der Waals surface area contributed by atoms with Gasteiger partial charge in [0.15, 0.2) is 5.16 Å². The molecule has 0 amide bonds. The Hall–Kier alpha value is -2.77. The molecule has 0 saturated heterocycles. The molecule has 0 aliphatic rings. The van der Waals surface area contributed by atoms with Crippen LogP contribution < -0.4 is 10.3 Å². The topological polar surface area (TPSA) is 103 Å². The number of benzene rings is 1. The van der Waals surface area contributed by atoms with E-state index < -0.39 is 5.56 Å². The first-order chi connectivity index (χ1) is 10.6. The Kier molecular flexibility index (Phi) is 4.82. The van der Waals surface area contributed by atoms with Crippen LogP contribution in [-0.4, -0.2) is 22.3 Å². The van der Waals surface area contributed by atoms with Crippen LogP contribution in [0.3, 0.4) is 0 Å². The zero-order valence-electron chi connectivity index (χ0n) is 12.0. The summed E-state index contributed by atoms with van der Waals surface area (Å²) in [7, 11) is 1.55. The molecule has 2 aromatic rings. The van der Waals surface area contributed by atoms with Crippen LogP contribution >= 0.6 is 11.8 Å². The Morgan fingerprint density at radius 1 is 1.32 bits per heavy atom. The summed E-state index contributed by atoms with van der Waals surface area (Å²) < 4.78 is 5.08. The lowest BCUT2D eigenvalue weighted by Crippen LogP contribution is -2.15. The fourth-order valence-corrected chi connectivity index (χ4v) is 2.45. The quantitative estimate of drug-likeness (QED) is 0.686. The van der Waals surface area contributed by atoms with E-state index in [9.17, 15) is 10.1 Å². The Balaban J connectivity index is 2.55. The maximum atomic E-state index is 12.0. The van der Waals surface area contributed by atoms with Crippen LogP contribution in [0.5, 0.6) is 5.75 Å². The van der Waals surface area contributed by atoms with E-state index in [0.717, 1.165) is 11.8 Å².